The van der Waals surface area contributed by atoms with Gasteiger partial charge in [-0.2, -0.15) is 0 Å². The van der Waals surface area contributed by atoms with Crippen LogP contribution in [0.15, 0.2) is 24.3 Å². The van der Waals surface area contributed by atoms with Crippen molar-refractivity contribution in [2.75, 3.05) is 24.7 Å². The molecular formula is C13H19N3O2. The van der Waals surface area contributed by atoms with Crippen LogP contribution >= 0.6 is 0 Å². The molecule has 1 fully saturated rings. The van der Waals surface area contributed by atoms with Crippen LogP contribution in [-0.2, 0) is 4.74 Å². The van der Waals surface area contributed by atoms with Crippen LogP contribution in [0.3, 0.4) is 0 Å². The Morgan fingerprint density at radius 2 is 2.28 bits per heavy atom. The van der Waals surface area contributed by atoms with Gasteiger partial charge in [0.05, 0.1) is 19.3 Å². The number of rotatable bonds is 3. The zero-order valence-corrected chi connectivity index (χ0v) is 10.5. The van der Waals surface area contributed by atoms with Crippen LogP contribution in [0.25, 0.3) is 0 Å². The van der Waals surface area contributed by atoms with E-state index in [4.69, 9.17) is 15.9 Å². The van der Waals surface area contributed by atoms with Crippen molar-refractivity contribution >= 4 is 11.5 Å². The molecule has 1 aliphatic heterocycles. The summed E-state index contributed by atoms with van der Waals surface area (Å²) >= 11 is 0. The molecule has 1 aromatic carbocycles. The summed E-state index contributed by atoms with van der Waals surface area (Å²) < 4.78 is 5.51. The highest BCUT2D eigenvalue weighted by Crippen LogP contribution is 2.25. The number of morpholine rings is 1. The van der Waals surface area contributed by atoms with Gasteiger partial charge < -0.3 is 20.5 Å². The lowest BCUT2D eigenvalue weighted by atomic mass is 10.1. The summed E-state index contributed by atoms with van der Waals surface area (Å²) in [5.74, 6) is 0.0600. The molecule has 5 heteroatoms. The Hall–Kier alpha value is -1.59. The fourth-order valence-electron chi connectivity index (χ4n) is 2.22. The molecule has 0 bridgehead atoms. The lowest BCUT2D eigenvalue weighted by molar-refractivity contribution is -0.0103. The molecule has 1 heterocycles. The lowest BCUT2D eigenvalue weighted by Crippen LogP contribution is -2.50. The number of ether oxygens (including phenoxy) is 1. The molecule has 1 aromatic rings. The number of hydrogen-bond acceptors (Lipinski definition) is 4. The lowest BCUT2D eigenvalue weighted by Gasteiger charge is -2.39. The second-order valence-electron chi connectivity index (χ2n) is 4.57. The number of nitrogens with two attached hydrogens (primary N) is 1. The molecule has 2 unspecified atom stereocenters. The molecule has 0 spiro atoms. The van der Waals surface area contributed by atoms with Gasteiger partial charge in [0.2, 0.25) is 0 Å². The van der Waals surface area contributed by atoms with E-state index < -0.39 is 0 Å². The van der Waals surface area contributed by atoms with Gasteiger partial charge in [0, 0.05) is 23.8 Å². The minimum atomic E-state index is -0.179. The normalized spacial score (nSPS) is 24.0. The average molecular weight is 249 g/mol. The maximum atomic E-state index is 9.20. The first kappa shape index (κ1) is 12.9. The van der Waals surface area contributed by atoms with E-state index in [0.29, 0.717) is 13.2 Å². The molecule has 0 radical (unpaired) electrons. The van der Waals surface area contributed by atoms with Gasteiger partial charge >= 0.3 is 0 Å². The van der Waals surface area contributed by atoms with E-state index in [1.807, 2.05) is 24.3 Å². The van der Waals surface area contributed by atoms with Crippen molar-refractivity contribution in [3.05, 3.63) is 29.8 Å². The first-order valence-corrected chi connectivity index (χ1v) is 6.06. The molecule has 0 aliphatic carbocycles. The number of aliphatic hydroxyl groups is 1. The van der Waals surface area contributed by atoms with E-state index in [1.54, 1.807) is 0 Å². The largest absolute Gasteiger partial charge is 0.394 e. The quantitative estimate of drug-likeness (QED) is 0.540. The fraction of sp³-hybridized carbons (Fsp3) is 0.462. The Morgan fingerprint density at radius 1 is 1.56 bits per heavy atom. The van der Waals surface area contributed by atoms with Gasteiger partial charge in [0.1, 0.15) is 5.84 Å². The summed E-state index contributed by atoms with van der Waals surface area (Å²) in [4.78, 5) is 2.14. The molecule has 1 saturated heterocycles. The minimum absolute atomic E-state index is 0.00542. The molecule has 2 rings (SSSR count). The standard InChI is InChI=1S/C13H19N3O2/c1-9-8-18-10(7-17)6-16(9)12-5-3-2-4-11(12)13(14)15/h2-5,9-10,17H,6-8H2,1H3,(H3,14,15). The maximum absolute atomic E-state index is 9.20. The third-order valence-electron chi connectivity index (χ3n) is 3.21. The molecule has 2 atom stereocenters. The van der Waals surface area contributed by atoms with Crippen LogP contribution in [-0.4, -0.2) is 42.8 Å². The summed E-state index contributed by atoms with van der Waals surface area (Å²) in [6, 6.07) is 7.79. The minimum Gasteiger partial charge on any atom is -0.394 e. The number of anilines is 1. The van der Waals surface area contributed by atoms with Gasteiger partial charge in [0.15, 0.2) is 0 Å². The smallest absolute Gasteiger partial charge is 0.124 e. The number of aliphatic hydroxyl groups excluding tert-OH is 1. The van der Waals surface area contributed by atoms with Crippen molar-refractivity contribution in [1.82, 2.24) is 0 Å². The molecule has 0 amide bonds. The second-order valence-corrected chi connectivity index (χ2v) is 4.57. The highest BCUT2D eigenvalue weighted by molar-refractivity contribution is 6.00. The van der Waals surface area contributed by atoms with Gasteiger partial charge in [-0.1, -0.05) is 12.1 Å². The summed E-state index contributed by atoms with van der Waals surface area (Å²) in [6.07, 6.45) is -0.179. The van der Waals surface area contributed by atoms with Crippen LogP contribution in [0.5, 0.6) is 0 Å². The van der Waals surface area contributed by atoms with E-state index in [-0.39, 0.29) is 24.6 Å². The predicted molar refractivity (Wildman–Crippen MR) is 71.1 cm³/mol. The number of hydrogen-bond donors (Lipinski definition) is 3. The van der Waals surface area contributed by atoms with Crippen LogP contribution in [0.4, 0.5) is 5.69 Å². The number of nitrogens with zero attached hydrogens (tertiary/aromatic N) is 1. The fourth-order valence-corrected chi connectivity index (χ4v) is 2.22. The van der Waals surface area contributed by atoms with E-state index in [0.717, 1.165) is 11.3 Å². The Morgan fingerprint density at radius 3 is 2.94 bits per heavy atom. The van der Waals surface area contributed by atoms with Crippen molar-refractivity contribution in [3.63, 3.8) is 0 Å². The van der Waals surface area contributed by atoms with Gasteiger partial charge in [0.25, 0.3) is 0 Å². The summed E-state index contributed by atoms with van der Waals surface area (Å²) in [5, 5.41) is 16.8. The van der Waals surface area contributed by atoms with Gasteiger partial charge in [-0.15, -0.1) is 0 Å². The second kappa shape index (κ2) is 5.37. The number of para-hydroxylation sites is 1. The zero-order chi connectivity index (χ0) is 13.1. The van der Waals surface area contributed by atoms with Gasteiger partial charge in [-0.3, -0.25) is 5.41 Å². The number of nitrogens with one attached hydrogen (secondary N) is 1. The topological polar surface area (TPSA) is 82.6 Å². The van der Waals surface area contributed by atoms with Crippen molar-refractivity contribution in [2.45, 2.75) is 19.1 Å². The Labute approximate surface area is 107 Å². The summed E-state index contributed by atoms with van der Waals surface area (Å²) in [5.41, 5.74) is 7.26. The molecule has 4 N–H and O–H groups in total. The average Bonchev–Trinajstić information content (AvgIpc) is 2.39. The highest BCUT2D eigenvalue weighted by atomic mass is 16.5. The third kappa shape index (κ3) is 2.47. The molecule has 98 valence electrons. The SMILES string of the molecule is CC1COC(CO)CN1c1ccccc1C(=N)N. The number of nitrogen functional groups attached to an aromatic ring is 1. The maximum Gasteiger partial charge on any atom is 0.124 e. The molecule has 5 nitrogen and oxygen atoms in total. The molecule has 1 aliphatic rings. The molecular weight excluding hydrogens is 230 g/mol. The van der Waals surface area contributed by atoms with Crippen molar-refractivity contribution < 1.29 is 9.84 Å². The highest BCUT2D eigenvalue weighted by Gasteiger charge is 2.27. The first-order valence-electron chi connectivity index (χ1n) is 6.06. The number of amidine groups is 1. The summed E-state index contributed by atoms with van der Waals surface area (Å²) in [7, 11) is 0. The zero-order valence-electron chi connectivity index (χ0n) is 10.5. The number of benzene rings is 1. The van der Waals surface area contributed by atoms with E-state index in [9.17, 15) is 5.11 Å². The van der Waals surface area contributed by atoms with Crippen molar-refractivity contribution in [1.29, 1.82) is 5.41 Å². The first-order chi connectivity index (χ1) is 8.63. The molecule has 0 saturated carbocycles. The van der Waals surface area contributed by atoms with Gasteiger partial charge in [-0.05, 0) is 19.1 Å². The summed E-state index contributed by atoms with van der Waals surface area (Å²) in [6.45, 7) is 3.25. The Balaban J connectivity index is 2.31. The van der Waals surface area contributed by atoms with Crippen LogP contribution < -0.4 is 10.6 Å². The van der Waals surface area contributed by atoms with Crippen molar-refractivity contribution in [3.8, 4) is 0 Å². The van der Waals surface area contributed by atoms with Crippen molar-refractivity contribution in [2.24, 2.45) is 5.73 Å². The Bertz CT molecular complexity index is 436. The Kier molecular flexibility index (Phi) is 3.84. The van der Waals surface area contributed by atoms with Crippen LogP contribution in [0.1, 0.15) is 12.5 Å². The van der Waals surface area contributed by atoms with E-state index in [1.165, 1.54) is 0 Å². The van der Waals surface area contributed by atoms with Crippen LogP contribution in [0.2, 0.25) is 0 Å². The predicted octanol–water partition coefficient (Wildman–Crippen LogP) is 0.557. The van der Waals surface area contributed by atoms with E-state index in [2.05, 4.69) is 11.8 Å². The van der Waals surface area contributed by atoms with Gasteiger partial charge in [-0.25, -0.2) is 0 Å². The monoisotopic (exact) mass is 249 g/mol. The molecule has 0 aromatic heterocycles. The molecule has 18 heavy (non-hydrogen) atoms. The third-order valence-corrected chi connectivity index (χ3v) is 3.21. The van der Waals surface area contributed by atoms with E-state index >= 15 is 0 Å². The van der Waals surface area contributed by atoms with Crippen LogP contribution in [0, 0.1) is 5.41 Å².